The third-order valence-corrected chi connectivity index (χ3v) is 5.58. The first-order valence-electron chi connectivity index (χ1n) is 7.14. The van der Waals surface area contributed by atoms with Gasteiger partial charge in [0.05, 0.1) is 16.0 Å². The van der Waals surface area contributed by atoms with E-state index in [0.29, 0.717) is 18.6 Å². The van der Waals surface area contributed by atoms with Crippen molar-refractivity contribution in [3.05, 3.63) is 29.3 Å². The van der Waals surface area contributed by atoms with Crippen LogP contribution in [-0.4, -0.2) is 48.8 Å². The van der Waals surface area contributed by atoms with Crippen LogP contribution in [0.25, 0.3) is 0 Å². The van der Waals surface area contributed by atoms with E-state index in [9.17, 15) is 31.2 Å². The van der Waals surface area contributed by atoms with Gasteiger partial charge in [0.2, 0.25) is 15.9 Å². The van der Waals surface area contributed by atoms with E-state index in [1.54, 1.807) is 0 Å². The van der Waals surface area contributed by atoms with E-state index < -0.39 is 44.2 Å². The van der Waals surface area contributed by atoms with Gasteiger partial charge in [-0.1, -0.05) is 0 Å². The summed E-state index contributed by atoms with van der Waals surface area (Å²) in [5.41, 5.74) is -2.55. The largest absolute Gasteiger partial charge is 0.478 e. The third kappa shape index (κ3) is 4.10. The average molecular weight is 380 g/mol. The highest BCUT2D eigenvalue weighted by atomic mass is 32.2. The van der Waals surface area contributed by atoms with Gasteiger partial charge in [-0.25, -0.2) is 13.2 Å². The van der Waals surface area contributed by atoms with Gasteiger partial charge in [0.15, 0.2) is 0 Å². The number of nitrogens with zero attached hydrogens (tertiary/aromatic N) is 1. The molecule has 1 saturated heterocycles. The number of alkyl halides is 3. The molecule has 1 atom stereocenters. The molecular weight excluding hydrogens is 365 g/mol. The van der Waals surface area contributed by atoms with E-state index >= 15 is 0 Å². The summed E-state index contributed by atoms with van der Waals surface area (Å²) in [5.74, 6) is -2.14. The molecule has 1 amide bonds. The fourth-order valence-electron chi connectivity index (χ4n) is 2.61. The van der Waals surface area contributed by atoms with Gasteiger partial charge in [-0.05, 0) is 24.6 Å². The molecule has 138 valence electrons. The maximum atomic E-state index is 13.0. The van der Waals surface area contributed by atoms with Crippen molar-refractivity contribution < 1.29 is 36.3 Å². The van der Waals surface area contributed by atoms with Gasteiger partial charge in [0.1, 0.15) is 0 Å². The molecule has 1 heterocycles. The lowest BCUT2D eigenvalue weighted by atomic mass is 10.1. The number of rotatable bonds is 4. The number of halogens is 3. The molecule has 0 aromatic heterocycles. The molecule has 1 fully saturated rings. The summed E-state index contributed by atoms with van der Waals surface area (Å²) in [6.45, 7) is 1.25. The van der Waals surface area contributed by atoms with E-state index in [-0.39, 0.29) is 19.0 Å². The van der Waals surface area contributed by atoms with E-state index in [1.807, 2.05) is 0 Å². The van der Waals surface area contributed by atoms with E-state index in [1.165, 1.54) is 6.92 Å². The lowest BCUT2D eigenvalue weighted by molar-refractivity contribution is -0.138. The monoisotopic (exact) mass is 380 g/mol. The molecule has 1 aliphatic rings. The zero-order valence-corrected chi connectivity index (χ0v) is 13.8. The Balaban J connectivity index is 2.37. The van der Waals surface area contributed by atoms with Crippen LogP contribution in [0.3, 0.4) is 0 Å². The van der Waals surface area contributed by atoms with E-state index in [2.05, 4.69) is 5.32 Å². The standard InChI is InChI=1S/C14H15F3N2O5S/c1-8(20)18-9-4-5-19(7-9)25(23,24)10-2-3-11(13(21)22)12(6-10)14(15,16)17/h2-3,6,9H,4-5,7H2,1H3,(H,18,20)(H,21,22). The second-order valence-electron chi connectivity index (χ2n) is 5.56. The Bertz CT molecular complexity index is 807. The number of carbonyl (C=O) groups excluding carboxylic acids is 1. The molecule has 0 bridgehead atoms. The van der Waals surface area contributed by atoms with Crippen molar-refractivity contribution >= 4 is 21.9 Å². The molecule has 11 heteroatoms. The van der Waals surface area contributed by atoms with Gasteiger partial charge in [-0.3, -0.25) is 4.79 Å². The first kappa shape index (κ1) is 19.2. The van der Waals surface area contributed by atoms with Crippen LogP contribution >= 0.6 is 0 Å². The van der Waals surface area contributed by atoms with Crippen molar-refractivity contribution in [2.45, 2.75) is 30.5 Å². The molecule has 25 heavy (non-hydrogen) atoms. The molecule has 1 unspecified atom stereocenters. The van der Waals surface area contributed by atoms with Gasteiger partial charge < -0.3 is 10.4 Å². The highest BCUT2D eigenvalue weighted by Gasteiger charge is 2.38. The van der Waals surface area contributed by atoms with Crippen LogP contribution in [0.4, 0.5) is 13.2 Å². The molecule has 0 saturated carbocycles. The molecule has 1 aromatic carbocycles. The summed E-state index contributed by atoms with van der Waals surface area (Å²) < 4.78 is 65.1. The minimum Gasteiger partial charge on any atom is -0.478 e. The van der Waals surface area contributed by atoms with Crippen LogP contribution in [0.15, 0.2) is 23.1 Å². The van der Waals surface area contributed by atoms with Crippen LogP contribution in [0.1, 0.15) is 29.3 Å². The summed E-state index contributed by atoms with van der Waals surface area (Å²) in [4.78, 5) is 21.3. The van der Waals surface area contributed by atoms with Crippen molar-refractivity contribution in [2.75, 3.05) is 13.1 Å². The van der Waals surface area contributed by atoms with Gasteiger partial charge in [0.25, 0.3) is 0 Å². The fraction of sp³-hybridized carbons (Fsp3) is 0.429. The topological polar surface area (TPSA) is 104 Å². The summed E-state index contributed by atoms with van der Waals surface area (Å²) in [5, 5.41) is 11.4. The van der Waals surface area contributed by atoms with Gasteiger partial charge in [-0.2, -0.15) is 17.5 Å². The average Bonchev–Trinajstić information content (AvgIpc) is 2.94. The number of hydrogen-bond donors (Lipinski definition) is 2. The Hall–Kier alpha value is -2.14. The third-order valence-electron chi connectivity index (χ3n) is 3.72. The van der Waals surface area contributed by atoms with Crippen LogP contribution in [-0.2, 0) is 21.0 Å². The predicted octanol–water partition coefficient (Wildman–Crippen LogP) is 1.30. The number of amides is 1. The van der Waals surface area contributed by atoms with Crippen molar-refractivity contribution in [3.8, 4) is 0 Å². The Labute approximate surface area is 141 Å². The van der Waals surface area contributed by atoms with Gasteiger partial charge >= 0.3 is 12.1 Å². The molecular formula is C14H15F3N2O5S. The summed E-state index contributed by atoms with van der Waals surface area (Å²) in [7, 11) is -4.24. The number of carboxylic acids is 1. The number of aromatic carboxylic acids is 1. The van der Waals surface area contributed by atoms with Crippen LogP contribution in [0.2, 0.25) is 0 Å². The normalized spacial score (nSPS) is 19.0. The van der Waals surface area contributed by atoms with Crippen LogP contribution in [0, 0.1) is 0 Å². The van der Waals surface area contributed by atoms with Gasteiger partial charge in [-0.15, -0.1) is 0 Å². The van der Waals surface area contributed by atoms with Crippen molar-refractivity contribution in [2.24, 2.45) is 0 Å². The zero-order valence-electron chi connectivity index (χ0n) is 13.0. The summed E-state index contributed by atoms with van der Waals surface area (Å²) >= 11 is 0. The Morgan fingerprint density at radius 2 is 1.96 bits per heavy atom. The maximum Gasteiger partial charge on any atom is 0.417 e. The molecule has 1 aromatic rings. The Morgan fingerprint density at radius 1 is 1.32 bits per heavy atom. The Morgan fingerprint density at radius 3 is 2.48 bits per heavy atom. The number of sulfonamides is 1. The number of hydrogen-bond acceptors (Lipinski definition) is 4. The van der Waals surface area contributed by atoms with Gasteiger partial charge in [0, 0.05) is 26.1 Å². The summed E-state index contributed by atoms with van der Waals surface area (Å²) in [6, 6.07) is 1.36. The molecule has 0 spiro atoms. The highest BCUT2D eigenvalue weighted by molar-refractivity contribution is 7.89. The van der Waals surface area contributed by atoms with Crippen LogP contribution in [0.5, 0.6) is 0 Å². The quantitative estimate of drug-likeness (QED) is 0.820. The predicted molar refractivity (Wildman–Crippen MR) is 79.4 cm³/mol. The number of carboxylic acid groups (broad SMARTS) is 1. The lowest BCUT2D eigenvalue weighted by Crippen LogP contribution is -2.37. The van der Waals surface area contributed by atoms with Crippen molar-refractivity contribution in [1.29, 1.82) is 0 Å². The molecule has 0 aliphatic carbocycles. The number of carbonyl (C=O) groups is 2. The first-order chi connectivity index (χ1) is 11.4. The van der Waals surface area contributed by atoms with E-state index in [4.69, 9.17) is 5.11 Å². The zero-order chi connectivity index (χ0) is 19.0. The molecule has 7 nitrogen and oxygen atoms in total. The second-order valence-corrected chi connectivity index (χ2v) is 7.50. The second kappa shape index (κ2) is 6.64. The number of nitrogens with one attached hydrogen (secondary N) is 1. The maximum absolute atomic E-state index is 13.0. The van der Waals surface area contributed by atoms with Crippen molar-refractivity contribution in [1.82, 2.24) is 9.62 Å². The molecule has 2 N–H and O–H groups in total. The Kier molecular flexibility index (Phi) is 5.09. The first-order valence-corrected chi connectivity index (χ1v) is 8.58. The minimum absolute atomic E-state index is 0.0370. The van der Waals surface area contributed by atoms with Crippen molar-refractivity contribution in [3.63, 3.8) is 0 Å². The number of benzene rings is 1. The lowest BCUT2D eigenvalue weighted by Gasteiger charge is -2.18. The van der Waals surface area contributed by atoms with E-state index in [0.717, 1.165) is 10.4 Å². The fourth-order valence-corrected chi connectivity index (χ4v) is 4.13. The highest BCUT2D eigenvalue weighted by Crippen LogP contribution is 2.34. The summed E-state index contributed by atoms with van der Waals surface area (Å²) in [6.07, 6.45) is -4.68. The smallest absolute Gasteiger partial charge is 0.417 e. The molecule has 2 rings (SSSR count). The van der Waals surface area contributed by atoms with Crippen LogP contribution < -0.4 is 5.32 Å². The molecule has 0 radical (unpaired) electrons. The minimum atomic E-state index is -5.01. The molecule has 1 aliphatic heterocycles. The SMILES string of the molecule is CC(=O)NC1CCN(S(=O)(=O)c2ccc(C(=O)O)c(C(F)(F)F)c2)C1.